The predicted octanol–water partition coefficient (Wildman–Crippen LogP) is 3.70. The van der Waals surface area contributed by atoms with Crippen LogP contribution < -0.4 is 4.74 Å². The highest BCUT2D eigenvalue weighted by atomic mass is 19.1. The summed E-state index contributed by atoms with van der Waals surface area (Å²) in [6, 6.07) is 14.7. The van der Waals surface area contributed by atoms with E-state index in [2.05, 4.69) is 11.8 Å². The zero-order chi connectivity index (χ0) is 18.0. The van der Waals surface area contributed by atoms with Crippen molar-refractivity contribution < 1.29 is 19.0 Å². The Hall–Kier alpha value is -2.40. The molecule has 2 aromatic carbocycles. The van der Waals surface area contributed by atoms with Crippen molar-refractivity contribution in [1.29, 1.82) is 0 Å². The van der Waals surface area contributed by atoms with Gasteiger partial charge in [-0.05, 0) is 24.1 Å². The van der Waals surface area contributed by atoms with Crippen LogP contribution in [0.1, 0.15) is 30.0 Å². The van der Waals surface area contributed by atoms with Crippen molar-refractivity contribution in [3.8, 4) is 5.75 Å². The van der Waals surface area contributed by atoms with Gasteiger partial charge in [-0.25, -0.2) is 4.39 Å². The van der Waals surface area contributed by atoms with Crippen LogP contribution in [0, 0.1) is 11.7 Å². The van der Waals surface area contributed by atoms with Gasteiger partial charge >= 0.3 is 5.97 Å². The van der Waals surface area contributed by atoms with E-state index in [4.69, 9.17) is 4.74 Å². The summed E-state index contributed by atoms with van der Waals surface area (Å²) in [5.74, 6) is -1.88. The Morgan fingerprint density at radius 3 is 2.56 bits per heavy atom. The second-order valence-electron chi connectivity index (χ2n) is 6.48. The zero-order valence-electron chi connectivity index (χ0n) is 14.4. The molecule has 25 heavy (non-hydrogen) atoms. The summed E-state index contributed by atoms with van der Waals surface area (Å²) < 4.78 is 19.5. The zero-order valence-corrected chi connectivity index (χ0v) is 14.4. The second kappa shape index (κ2) is 7.23. The lowest BCUT2D eigenvalue weighted by molar-refractivity contribution is -0.141. The number of likely N-dealkylation sites (tertiary alicyclic amines) is 1. The molecular weight excluding hydrogens is 321 g/mol. The molecule has 1 aliphatic heterocycles. The lowest BCUT2D eigenvalue weighted by Crippen LogP contribution is -2.26. The molecule has 1 heterocycles. The number of methoxy groups -OCH3 is 1. The van der Waals surface area contributed by atoms with Gasteiger partial charge in [0.25, 0.3) is 0 Å². The van der Waals surface area contributed by atoms with Crippen LogP contribution in [0.5, 0.6) is 5.75 Å². The van der Waals surface area contributed by atoms with Crippen LogP contribution in [0.25, 0.3) is 0 Å². The van der Waals surface area contributed by atoms with Gasteiger partial charge in [-0.2, -0.15) is 0 Å². The molecule has 0 spiro atoms. The first kappa shape index (κ1) is 17.4. The first-order chi connectivity index (χ1) is 12.0. The van der Waals surface area contributed by atoms with E-state index in [1.54, 1.807) is 12.1 Å². The highest BCUT2D eigenvalue weighted by Crippen LogP contribution is 2.38. The third kappa shape index (κ3) is 3.51. The summed E-state index contributed by atoms with van der Waals surface area (Å²) in [6.07, 6.45) is 0. The molecule has 1 aliphatic rings. The number of benzene rings is 2. The van der Waals surface area contributed by atoms with Gasteiger partial charge in [0.15, 0.2) is 0 Å². The number of nitrogens with zero attached hydrogens (tertiary/aromatic N) is 1. The monoisotopic (exact) mass is 343 g/mol. The molecule has 4 nitrogen and oxygen atoms in total. The van der Waals surface area contributed by atoms with Gasteiger partial charge in [-0.15, -0.1) is 0 Å². The van der Waals surface area contributed by atoms with Crippen molar-refractivity contribution in [3.05, 3.63) is 65.5 Å². The van der Waals surface area contributed by atoms with Crippen LogP contribution in [-0.4, -0.2) is 36.2 Å². The Bertz CT molecular complexity index is 750. The second-order valence-corrected chi connectivity index (χ2v) is 6.48. The Kier molecular flexibility index (Phi) is 5.04. The van der Waals surface area contributed by atoms with Gasteiger partial charge in [0.1, 0.15) is 11.6 Å². The van der Waals surface area contributed by atoms with E-state index in [9.17, 15) is 14.3 Å². The van der Waals surface area contributed by atoms with Crippen molar-refractivity contribution in [2.45, 2.75) is 18.9 Å². The van der Waals surface area contributed by atoms with E-state index in [1.807, 2.05) is 30.3 Å². The SMILES string of the molecule is COc1ccc([C@@H]2CN(C(C)c3ccccc3)C[C@H]2C(=O)O)c(F)c1. The maximum absolute atomic E-state index is 14.5. The van der Waals surface area contributed by atoms with Crippen molar-refractivity contribution >= 4 is 5.97 Å². The van der Waals surface area contributed by atoms with Crippen LogP contribution in [0.3, 0.4) is 0 Å². The molecule has 3 atom stereocenters. The van der Waals surface area contributed by atoms with Gasteiger partial charge in [-0.1, -0.05) is 36.4 Å². The maximum Gasteiger partial charge on any atom is 0.308 e. The Morgan fingerprint density at radius 1 is 1.24 bits per heavy atom. The lowest BCUT2D eigenvalue weighted by Gasteiger charge is -2.24. The van der Waals surface area contributed by atoms with Crippen molar-refractivity contribution in [2.75, 3.05) is 20.2 Å². The van der Waals surface area contributed by atoms with Gasteiger partial charge in [-0.3, -0.25) is 9.69 Å². The molecule has 0 aliphatic carbocycles. The normalized spacial score (nSPS) is 21.9. The minimum Gasteiger partial charge on any atom is -0.497 e. The largest absolute Gasteiger partial charge is 0.497 e. The smallest absolute Gasteiger partial charge is 0.308 e. The number of carboxylic acids is 1. The van der Waals surface area contributed by atoms with Crippen molar-refractivity contribution in [3.63, 3.8) is 0 Å². The quantitative estimate of drug-likeness (QED) is 0.899. The Labute approximate surface area is 146 Å². The fourth-order valence-corrected chi connectivity index (χ4v) is 3.59. The molecule has 0 amide bonds. The number of aliphatic carboxylic acids is 1. The molecule has 3 rings (SSSR count). The van der Waals surface area contributed by atoms with Crippen molar-refractivity contribution in [2.24, 2.45) is 5.92 Å². The number of hydrogen-bond acceptors (Lipinski definition) is 3. The van der Waals surface area contributed by atoms with Gasteiger partial charge in [0.2, 0.25) is 0 Å². The van der Waals surface area contributed by atoms with Crippen LogP contribution in [0.4, 0.5) is 4.39 Å². The summed E-state index contributed by atoms with van der Waals surface area (Å²) in [5.41, 5.74) is 1.57. The van der Waals surface area contributed by atoms with Crippen LogP contribution >= 0.6 is 0 Å². The molecule has 0 radical (unpaired) electrons. The van der Waals surface area contributed by atoms with Gasteiger partial charge in [0.05, 0.1) is 13.0 Å². The lowest BCUT2D eigenvalue weighted by atomic mass is 9.88. The maximum atomic E-state index is 14.5. The summed E-state index contributed by atoms with van der Waals surface area (Å²) in [7, 11) is 1.48. The molecule has 1 fully saturated rings. The number of ether oxygens (including phenoxy) is 1. The molecule has 1 saturated heterocycles. The summed E-state index contributed by atoms with van der Waals surface area (Å²) in [4.78, 5) is 13.9. The minimum absolute atomic E-state index is 0.0781. The molecule has 0 bridgehead atoms. The molecule has 1 unspecified atom stereocenters. The Balaban J connectivity index is 1.87. The Morgan fingerprint density at radius 2 is 1.96 bits per heavy atom. The molecule has 2 aromatic rings. The molecule has 5 heteroatoms. The van der Waals surface area contributed by atoms with E-state index in [1.165, 1.54) is 13.2 Å². The number of carbonyl (C=O) groups is 1. The predicted molar refractivity (Wildman–Crippen MR) is 93.2 cm³/mol. The molecule has 0 aromatic heterocycles. The first-order valence-electron chi connectivity index (χ1n) is 8.36. The fourth-order valence-electron chi connectivity index (χ4n) is 3.59. The van der Waals surface area contributed by atoms with E-state index in [-0.39, 0.29) is 12.0 Å². The molecule has 1 N–H and O–H groups in total. The van der Waals surface area contributed by atoms with Gasteiger partial charge < -0.3 is 9.84 Å². The number of rotatable bonds is 5. The average Bonchev–Trinajstić information content (AvgIpc) is 3.07. The topological polar surface area (TPSA) is 49.8 Å². The molecular formula is C20H22FNO3. The van der Waals surface area contributed by atoms with Crippen LogP contribution in [-0.2, 0) is 4.79 Å². The first-order valence-corrected chi connectivity index (χ1v) is 8.36. The molecule has 132 valence electrons. The third-order valence-corrected chi connectivity index (χ3v) is 5.10. The van der Waals surface area contributed by atoms with Gasteiger partial charge in [0, 0.05) is 31.1 Å². The van der Waals surface area contributed by atoms with E-state index in [0.717, 1.165) is 5.56 Å². The van der Waals surface area contributed by atoms with E-state index >= 15 is 0 Å². The standard InChI is InChI=1S/C20H22FNO3/c1-13(14-6-4-3-5-7-14)22-11-17(18(12-22)20(23)24)16-9-8-15(25-2)10-19(16)21/h3-10,13,17-18H,11-12H2,1-2H3,(H,23,24)/t13?,17-,18+/m0/s1. The van der Waals surface area contributed by atoms with E-state index < -0.39 is 17.7 Å². The number of hydrogen-bond donors (Lipinski definition) is 1. The summed E-state index contributed by atoms with van der Waals surface area (Å²) in [5, 5.41) is 9.63. The average molecular weight is 343 g/mol. The fraction of sp³-hybridized carbons (Fsp3) is 0.350. The van der Waals surface area contributed by atoms with Crippen molar-refractivity contribution in [1.82, 2.24) is 4.90 Å². The minimum atomic E-state index is -0.886. The molecule has 0 saturated carbocycles. The third-order valence-electron chi connectivity index (χ3n) is 5.10. The highest BCUT2D eigenvalue weighted by molar-refractivity contribution is 5.72. The summed E-state index contributed by atoms with van der Waals surface area (Å²) in [6.45, 7) is 2.97. The van der Waals surface area contributed by atoms with E-state index in [0.29, 0.717) is 24.4 Å². The number of carboxylic acid groups (broad SMARTS) is 1. The number of halogens is 1. The highest BCUT2D eigenvalue weighted by Gasteiger charge is 2.41. The summed E-state index contributed by atoms with van der Waals surface area (Å²) >= 11 is 0. The van der Waals surface area contributed by atoms with Crippen LogP contribution in [0.2, 0.25) is 0 Å². The van der Waals surface area contributed by atoms with Crippen LogP contribution in [0.15, 0.2) is 48.5 Å².